The molecule has 20 heavy (non-hydrogen) atoms. The maximum atomic E-state index is 13.9. The first-order chi connectivity index (χ1) is 9.44. The Morgan fingerprint density at radius 1 is 1.45 bits per heavy atom. The normalized spacial score (nSPS) is 23.4. The smallest absolute Gasteiger partial charge is 0.154 e. The van der Waals surface area contributed by atoms with Gasteiger partial charge in [0.2, 0.25) is 0 Å². The third kappa shape index (κ3) is 3.58. The average Bonchev–Trinajstić information content (AvgIpc) is 2.38. The van der Waals surface area contributed by atoms with Gasteiger partial charge < -0.3 is 0 Å². The maximum Gasteiger partial charge on any atom is 0.154 e. The molecule has 4 nitrogen and oxygen atoms in total. The van der Waals surface area contributed by atoms with Crippen molar-refractivity contribution in [1.82, 2.24) is 5.43 Å². The summed E-state index contributed by atoms with van der Waals surface area (Å²) in [5.41, 5.74) is 3.03. The molecule has 0 aliphatic carbocycles. The van der Waals surface area contributed by atoms with Crippen LogP contribution in [0.25, 0.3) is 0 Å². The van der Waals surface area contributed by atoms with Gasteiger partial charge in [-0.3, -0.25) is 11.3 Å². The van der Waals surface area contributed by atoms with Gasteiger partial charge in [-0.15, -0.1) is 0 Å². The zero-order valence-corrected chi connectivity index (χ0v) is 13.4. The first-order valence-electron chi connectivity index (χ1n) is 6.55. The van der Waals surface area contributed by atoms with Crippen molar-refractivity contribution in [2.24, 2.45) is 5.84 Å². The zero-order chi connectivity index (χ0) is 14.8. The second kappa shape index (κ2) is 6.51. The molecule has 2 unspecified atom stereocenters. The number of rotatable bonds is 4. The molecule has 2 atom stereocenters. The summed E-state index contributed by atoms with van der Waals surface area (Å²) < 4.78 is 38.7. The van der Waals surface area contributed by atoms with Crippen molar-refractivity contribution in [3.63, 3.8) is 0 Å². The van der Waals surface area contributed by atoms with Gasteiger partial charge in [0.1, 0.15) is 5.82 Å². The van der Waals surface area contributed by atoms with Gasteiger partial charge in [0.15, 0.2) is 9.84 Å². The van der Waals surface area contributed by atoms with Gasteiger partial charge in [0.05, 0.1) is 11.0 Å². The van der Waals surface area contributed by atoms with E-state index in [0.717, 1.165) is 6.42 Å². The molecule has 1 aliphatic rings. The van der Waals surface area contributed by atoms with Crippen molar-refractivity contribution in [1.29, 1.82) is 0 Å². The van der Waals surface area contributed by atoms with E-state index in [2.05, 4.69) is 21.4 Å². The van der Waals surface area contributed by atoms with Gasteiger partial charge in [0.25, 0.3) is 0 Å². The summed E-state index contributed by atoms with van der Waals surface area (Å²) in [5, 5.41) is -0.538. The summed E-state index contributed by atoms with van der Waals surface area (Å²) >= 11 is 3.20. The van der Waals surface area contributed by atoms with Gasteiger partial charge >= 0.3 is 0 Å². The van der Waals surface area contributed by atoms with Crippen molar-refractivity contribution in [2.75, 3.05) is 5.75 Å². The summed E-state index contributed by atoms with van der Waals surface area (Å²) in [6.45, 7) is 0. The molecule has 112 valence electrons. The molecule has 0 bridgehead atoms. The molecule has 7 heteroatoms. The molecule has 0 radical (unpaired) electrons. The molecule has 0 saturated carbocycles. The van der Waals surface area contributed by atoms with Crippen LogP contribution in [0.5, 0.6) is 0 Å². The summed E-state index contributed by atoms with van der Waals surface area (Å²) in [6, 6.07) is 4.30. The molecule has 1 saturated heterocycles. The van der Waals surface area contributed by atoms with E-state index >= 15 is 0 Å². The van der Waals surface area contributed by atoms with E-state index in [-0.39, 0.29) is 18.0 Å². The Bertz CT molecular complexity index is 580. The van der Waals surface area contributed by atoms with Gasteiger partial charge in [0, 0.05) is 10.5 Å². The summed E-state index contributed by atoms with van der Waals surface area (Å²) in [5.74, 6) is 5.35. The number of nitrogens with two attached hydrogens (primary N) is 1. The van der Waals surface area contributed by atoms with Gasteiger partial charge in [-0.2, -0.15) is 0 Å². The molecule has 1 aromatic rings. The number of halogens is 2. The largest absolute Gasteiger partial charge is 0.271 e. The highest BCUT2D eigenvalue weighted by molar-refractivity contribution is 9.10. The third-order valence-corrected chi connectivity index (χ3v) is 6.58. The van der Waals surface area contributed by atoms with Crippen LogP contribution in [0.4, 0.5) is 4.39 Å². The van der Waals surface area contributed by atoms with Crippen LogP contribution in [0.1, 0.15) is 24.8 Å². The first kappa shape index (κ1) is 15.9. The predicted molar refractivity (Wildman–Crippen MR) is 80.3 cm³/mol. The lowest BCUT2D eigenvalue weighted by molar-refractivity contribution is 0.435. The second-order valence-electron chi connectivity index (χ2n) is 5.11. The standard InChI is InChI=1S/C13H18BrFN2O2S/c14-10-5-4-9(11(15)8-10)7-12(17-16)13-3-1-2-6-20(13,18)19/h4-5,8,12-13,17H,1-3,6-7,16H2. The van der Waals surface area contributed by atoms with Gasteiger partial charge in [-0.05, 0) is 37.0 Å². The zero-order valence-electron chi connectivity index (χ0n) is 11.0. The van der Waals surface area contributed by atoms with E-state index in [1.807, 2.05) is 0 Å². The number of hydrogen-bond donors (Lipinski definition) is 2. The highest BCUT2D eigenvalue weighted by Gasteiger charge is 2.35. The number of hydrogen-bond acceptors (Lipinski definition) is 4. The molecule has 0 amide bonds. The molecule has 1 heterocycles. The molecular weight excluding hydrogens is 347 g/mol. The van der Waals surface area contributed by atoms with Crippen molar-refractivity contribution in [3.8, 4) is 0 Å². The molecule has 1 fully saturated rings. The minimum Gasteiger partial charge on any atom is -0.271 e. The van der Waals surface area contributed by atoms with Crippen LogP contribution < -0.4 is 11.3 Å². The summed E-state index contributed by atoms with van der Waals surface area (Å²) in [6.07, 6.45) is 2.41. The van der Waals surface area contributed by atoms with Crippen molar-refractivity contribution < 1.29 is 12.8 Å². The fraction of sp³-hybridized carbons (Fsp3) is 0.538. The predicted octanol–water partition coefficient (Wildman–Crippen LogP) is 1.93. The van der Waals surface area contributed by atoms with Crippen LogP contribution in [0, 0.1) is 5.82 Å². The molecule has 3 N–H and O–H groups in total. The Labute approximate surface area is 126 Å². The Kier molecular flexibility index (Phi) is 5.17. The maximum absolute atomic E-state index is 13.9. The fourth-order valence-electron chi connectivity index (χ4n) is 2.65. The third-order valence-electron chi connectivity index (χ3n) is 3.75. The van der Waals surface area contributed by atoms with Crippen molar-refractivity contribution in [2.45, 2.75) is 37.0 Å². The lowest BCUT2D eigenvalue weighted by atomic mass is 9.99. The Balaban J connectivity index is 2.20. The van der Waals surface area contributed by atoms with Crippen LogP contribution >= 0.6 is 15.9 Å². The van der Waals surface area contributed by atoms with Crippen LogP contribution in [-0.2, 0) is 16.3 Å². The molecule has 2 rings (SSSR count). The quantitative estimate of drug-likeness (QED) is 0.632. The highest BCUT2D eigenvalue weighted by Crippen LogP contribution is 2.25. The number of nitrogens with one attached hydrogen (secondary N) is 1. The van der Waals surface area contributed by atoms with Gasteiger partial charge in [-0.25, -0.2) is 12.8 Å². The molecule has 1 aliphatic heterocycles. The summed E-state index contributed by atoms with van der Waals surface area (Å²) in [7, 11) is -3.15. The average molecular weight is 365 g/mol. The van der Waals surface area contributed by atoms with Crippen LogP contribution in [0.3, 0.4) is 0 Å². The number of benzene rings is 1. The van der Waals surface area contributed by atoms with E-state index in [1.165, 1.54) is 6.07 Å². The monoisotopic (exact) mass is 364 g/mol. The van der Waals surface area contributed by atoms with E-state index < -0.39 is 21.1 Å². The lowest BCUT2D eigenvalue weighted by Gasteiger charge is -2.29. The molecule has 0 aromatic heterocycles. The lowest BCUT2D eigenvalue weighted by Crippen LogP contribution is -2.50. The molecule has 0 spiro atoms. The van der Waals surface area contributed by atoms with E-state index in [9.17, 15) is 12.8 Å². The highest BCUT2D eigenvalue weighted by atomic mass is 79.9. The minimum absolute atomic E-state index is 0.193. The Morgan fingerprint density at radius 3 is 2.80 bits per heavy atom. The second-order valence-corrected chi connectivity index (χ2v) is 8.37. The minimum atomic E-state index is -3.15. The van der Waals surface area contributed by atoms with E-state index in [0.29, 0.717) is 22.9 Å². The topological polar surface area (TPSA) is 72.2 Å². The number of sulfone groups is 1. The van der Waals surface area contributed by atoms with Crippen LogP contribution in [0.2, 0.25) is 0 Å². The Morgan fingerprint density at radius 2 is 2.20 bits per heavy atom. The van der Waals surface area contributed by atoms with Crippen LogP contribution in [-0.4, -0.2) is 25.5 Å². The number of hydrazine groups is 1. The molecule has 1 aromatic carbocycles. The van der Waals surface area contributed by atoms with E-state index in [1.54, 1.807) is 12.1 Å². The van der Waals surface area contributed by atoms with Crippen molar-refractivity contribution >= 4 is 25.8 Å². The Hall–Kier alpha value is -0.500. The van der Waals surface area contributed by atoms with E-state index in [4.69, 9.17) is 5.84 Å². The van der Waals surface area contributed by atoms with Crippen LogP contribution in [0.15, 0.2) is 22.7 Å². The fourth-order valence-corrected chi connectivity index (χ4v) is 5.10. The van der Waals surface area contributed by atoms with Gasteiger partial charge in [-0.1, -0.05) is 28.4 Å². The SMILES string of the molecule is NNC(Cc1ccc(Br)cc1F)C1CCCCS1(=O)=O. The summed E-state index contributed by atoms with van der Waals surface area (Å²) in [4.78, 5) is 0. The van der Waals surface area contributed by atoms with Crippen molar-refractivity contribution in [3.05, 3.63) is 34.1 Å². The molecular formula is C13H18BrFN2O2S. The first-order valence-corrected chi connectivity index (χ1v) is 9.06.